The molecule has 4 nitrogen and oxygen atoms in total. The maximum absolute atomic E-state index is 10.9. The summed E-state index contributed by atoms with van der Waals surface area (Å²) in [6, 6.07) is 9.15. The van der Waals surface area contributed by atoms with Crippen LogP contribution < -0.4 is 4.74 Å². The summed E-state index contributed by atoms with van der Waals surface area (Å²) in [5, 5.41) is 3.18. The number of nitroso groups, excluding NO2 is 1. The largest absolute Gasteiger partial charge is 0.490 e. The average molecular weight is 243 g/mol. The van der Waals surface area contributed by atoms with Crippen molar-refractivity contribution in [1.82, 2.24) is 0 Å². The molecule has 92 valence electrons. The first kappa shape index (κ1) is 11.0. The molecule has 0 amide bonds. The first-order chi connectivity index (χ1) is 8.78. The summed E-state index contributed by atoms with van der Waals surface area (Å²) in [6.07, 6.45) is 2.28. The number of benzene rings is 1. The Morgan fingerprint density at radius 1 is 1.33 bits per heavy atom. The Labute approximate surface area is 105 Å². The van der Waals surface area contributed by atoms with Crippen molar-refractivity contribution in [3.05, 3.63) is 47.1 Å². The lowest BCUT2D eigenvalue weighted by Crippen LogP contribution is -2.21. The smallest absolute Gasteiger partial charge is 0.133 e. The highest BCUT2D eigenvalue weighted by Gasteiger charge is 2.27. The van der Waals surface area contributed by atoms with Gasteiger partial charge in [0.2, 0.25) is 0 Å². The Kier molecular flexibility index (Phi) is 2.63. The van der Waals surface area contributed by atoms with Crippen LogP contribution in [0.15, 0.2) is 46.2 Å². The molecule has 1 aliphatic heterocycles. The van der Waals surface area contributed by atoms with E-state index in [1.165, 1.54) is 0 Å². The van der Waals surface area contributed by atoms with E-state index in [-0.39, 0.29) is 12.1 Å². The number of ether oxygens (including phenoxy) is 1. The molecule has 0 saturated heterocycles. The van der Waals surface area contributed by atoms with Crippen molar-refractivity contribution in [3.8, 4) is 17.1 Å². The zero-order valence-electron chi connectivity index (χ0n) is 10.00. The van der Waals surface area contributed by atoms with Crippen molar-refractivity contribution in [2.75, 3.05) is 0 Å². The predicted octanol–water partition coefficient (Wildman–Crippen LogP) is 3.93. The van der Waals surface area contributed by atoms with Gasteiger partial charge in [0.05, 0.1) is 12.4 Å². The zero-order chi connectivity index (χ0) is 12.5. The van der Waals surface area contributed by atoms with Gasteiger partial charge >= 0.3 is 0 Å². The van der Waals surface area contributed by atoms with E-state index in [2.05, 4.69) is 5.18 Å². The minimum Gasteiger partial charge on any atom is -0.490 e. The van der Waals surface area contributed by atoms with Crippen LogP contribution in [0.25, 0.3) is 11.3 Å². The molecule has 1 aliphatic rings. The lowest BCUT2D eigenvalue weighted by Gasteiger charge is -2.26. The van der Waals surface area contributed by atoms with Gasteiger partial charge in [0, 0.05) is 17.5 Å². The third-order valence-corrected chi connectivity index (χ3v) is 3.19. The fraction of sp³-hybridized carbons (Fsp3) is 0.286. The highest BCUT2D eigenvalue weighted by atomic mass is 16.5. The average Bonchev–Trinajstić information content (AvgIpc) is 2.90. The third kappa shape index (κ3) is 1.79. The maximum atomic E-state index is 10.9. The first-order valence-electron chi connectivity index (χ1n) is 5.95. The molecule has 0 radical (unpaired) electrons. The first-order valence-corrected chi connectivity index (χ1v) is 5.95. The molecular formula is C14H13NO3. The van der Waals surface area contributed by atoms with Crippen LogP contribution in [0.5, 0.6) is 5.75 Å². The van der Waals surface area contributed by atoms with Gasteiger partial charge in [0.15, 0.2) is 0 Å². The number of rotatable bonds is 2. The molecule has 3 rings (SSSR count). The molecule has 18 heavy (non-hydrogen) atoms. The molecule has 0 saturated carbocycles. The number of hydrogen-bond acceptors (Lipinski definition) is 4. The molecule has 2 atom stereocenters. The van der Waals surface area contributed by atoms with E-state index in [0.29, 0.717) is 6.42 Å². The molecule has 0 aliphatic carbocycles. The summed E-state index contributed by atoms with van der Waals surface area (Å²) in [7, 11) is 0. The third-order valence-electron chi connectivity index (χ3n) is 3.19. The lowest BCUT2D eigenvalue weighted by molar-refractivity contribution is 0.177. The van der Waals surface area contributed by atoms with Gasteiger partial charge in [-0.25, -0.2) is 0 Å². The summed E-state index contributed by atoms with van der Waals surface area (Å²) in [4.78, 5) is 10.9. The van der Waals surface area contributed by atoms with Crippen molar-refractivity contribution in [3.63, 3.8) is 0 Å². The minimum absolute atomic E-state index is 0.00653. The number of nitrogens with zero attached hydrogens (tertiary/aromatic N) is 1. The second-order valence-electron chi connectivity index (χ2n) is 4.52. The van der Waals surface area contributed by atoms with Gasteiger partial charge in [-0.1, -0.05) is 17.3 Å². The minimum atomic E-state index is -0.311. The van der Waals surface area contributed by atoms with Crippen molar-refractivity contribution >= 4 is 0 Å². The summed E-state index contributed by atoms with van der Waals surface area (Å²) < 4.78 is 11.1. The molecule has 1 aromatic carbocycles. The normalized spacial score (nSPS) is 22.1. The molecule has 0 bridgehead atoms. The van der Waals surface area contributed by atoms with E-state index in [4.69, 9.17) is 9.15 Å². The second kappa shape index (κ2) is 4.29. The van der Waals surface area contributed by atoms with Crippen LogP contribution in [0.4, 0.5) is 0 Å². The Hall–Kier alpha value is -2.10. The van der Waals surface area contributed by atoms with Crippen LogP contribution in [0.1, 0.15) is 24.9 Å². The summed E-state index contributed by atoms with van der Waals surface area (Å²) in [6.45, 7) is 1.95. The van der Waals surface area contributed by atoms with Crippen LogP contribution in [0.3, 0.4) is 0 Å². The predicted molar refractivity (Wildman–Crippen MR) is 67.4 cm³/mol. The van der Waals surface area contributed by atoms with Crippen LogP contribution in [-0.4, -0.2) is 6.10 Å². The Morgan fingerprint density at radius 3 is 2.94 bits per heavy atom. The van der Waals surface area contributed by atoms with Crippen LogP contribution in [-0.2, 0) is 0 Å². The molecule has 0 N–H and O–H groups in total. The highest BCUT2D eigenvalue weighted by molar-refractivity contribution is 5.61. The van der Waals surface area contributed by atoms with Gasteiger partial charge < -0.3 is 9.15 Å². The van der Waals surface area contributed by atoms with Gasteiger partial charge in [0.25, 0.3) is 0 Å². The summed E-state index contributed by atoms with van der Waals surface area (Å²) in [5.41, 5.74) is 1.80. The van der Waals surface area contributed by atoms with Crippen molar-refractivity contribution in [2.45, 2.75) is 25.5 Å². The quantitative estimate of drug-likeness (QED) is 0.751. The number of fused-ring (bicyclic) bond motifs is 1. The Balaban J connectivity index is 2.05. The van der Waals surface area contributed by atoms with Crippen molar-refractivity contribution in [1.29, 1.82) is 0 Å². The molecule has 1 aromatic heterocycles. The topological polar surface area (TPSA) is 51.8 Å². The van der Waals surface area contributed by atoms with Gasteiger partial charge in [0.1, 0.15) is 17.6 Å². The standard InChI is InChI=1S/C14H13NO3/c1-9-7-12(15-16)11-5-4-10(8-14(11)18-9)13-3-2-6-17-13/h2-6,8-9,12H,7H2,1H3. The Bertz CT molecular complexity index is 562. The number of hydrogen-bond donors (Lipinski definition) is 0. The summed E-state index contributed by atoms with van der Waals surface area (Å²) in [5.74, 6) is 1.52. The fourth-order valence-corrected chi connectivity index (χ4v) is 2.31. The SMILES string of the molecule is CC1CC(N=O)c2ccc(-c3ccco3)cc2O1. The van der Waals surface area contributed by atoms with Crippen molar-refractivity contribution in [2.24, 2.45) is 5.18 Å². The van der Waals surface area contributed by atoms with E-state index in [1.807, 2.05) is 37.3 Å². The van der Waals surface area contributed by atoms with Crippen LogP contribution >= 0.6 is 0 Å². The van der Waals surface area contributed by atoms with E-state index >= 15 is 0 Å². The van der Waals surface area contributed by atoms with Gasteiger partial charge in [-0.3, -0.25) is 0 Å². The molecule has 2 unspecified atom stereocenters. The van der Waals surface area contributed by atoms with Crippen molar-refractivity contribution < 1.29 is 9.15 Å². The highest BCUT2D eigenvalue weighted by Crippen LogP contribution is 2.39. The summed E-state index contributed by atoms with van der Waals surface area (Å²) >= 11 is 0. The second-order valence-corrected chi connectivity index (χ2v) is 4.52. The molecular weight excluding hydrogens is 230 g/mol. The van der Waals surface area contributed by atoms with Gasteiger partial charge in [-0.05, 0) is 25.1 Å². The zero-order valence-corrected chi connectivity index (χ0v) is 10.00. The molecule has 4 heteroatoms. The van der Waals surface area contributed by atoms with E-state index < -0.39 is 0 Å². The number of furan rings is 1. The van der Waals surface area contributed by atoms with Gasteiger partial charge in [-0.2, -0.15) is 4.91 Å². The Morgan fingerprint density at radius 2 is 2.22 bits per heavy atom. The molecule has 2 heterocycles. The fourth-order valence-electron chi connectivity index (χ4n) is 2.31. The lowest BCUT2D eigenvalue weighted by atomic mass is 9.96. The monoisotopic (exact) mass is 243 g/mol. The molecule has 2 aromatic rings. The maximum Gasteiger partial charge on any atom is 0.133 e. The molecule has 0 fully saturated rings. The van der Waals surface area contributed by atoms with Crippen LogP contribution in [0.2, 0.25) is 0 Å². The van der Waals surface area contributed by atoms with E-state index in [9.17, 15) is 4.91 Å². The van der Waals surface area contributed by atoms with Gasteiger partial charge in [-0.15, -0.1) is 0 Å². The van der Waals surface area contributed by atoms with E-state index in [1.54, 1.807) is 6.26 Å². The van der Waals surface area contributed by atoms with E-state index in [0.717, 1.165) is 22.6 Å². The molecule has 0 spiro atoms. The van der Waals surface area contributed by atoms with Crippen LogP contribution in [0, 0.1) is 4.91 Å².